The average molecular weight is 315 g/mol. The number of halogens is 1. The molecule has 0 fully saturated rings. The van der Waals surface area contributed by atoms with Gasteiger partial charge >= 0.3 is 11.8 Å². The fraction of sp³-hybridized carbons (Fsp3) is 0.429. The number of carbonyl (C=O) groups is 2. The first-order chi connectivity index (χ1) is 10.1. The second-order valence-electron chi connectivity index (χ2n) is 4.20. The Morgan fingerprint density at radius 2 is 1.86 bits per heavy atom. The number of amides is 2. The largest absolute Gasteiger partial charge is 0.383 e. The molecule has 2 N–H and O–H groups in total. The fourth-order valence-electron chi connectivity index (χ4n) is 1.67. The molecule has 0 radical (unpaired) electrons. The Morgan fingerprint density at radius 3 is 2.48 bits per heavy atom. The Kier molecular flexibility index (Phi) is 7.74. The van der Waals surface area contributed by atoms with E-state index in [1.54, 1.807) is 18.2 Å². The number of hydrogen-bond acceptors (Lipinski definition) is 4. The molecule has 7 heteroatoms. The summed E-state index contributed by atoms with van der Waals surface area (Å²) in [6.45, 7) is 0.775. The maximum Gasteiger partial charge on any atom is 0.309 e. The van der Waals surface area contributed by atoms with Crippen molar-refractivity contribution in [1.29, 1.82) is 0 Å². The Bertz CT molecular complexity index is 482. The summed E-state index contributed by atoms with van der Waals surface area (Å²) in [6, 6.07) is 7.18. The van der Waals surface area contributed by atoms with Crippen LogP contribution in [0.1, 0.15) is 11.7 Å². The van der Waals surface area contributed by atoms with Gasteiger partial charge in [0.05, 0.1) is 6.61 Å². The second-order valence-corrected chi connectivity index (χ2v) is 4.61. The van der Waals surface area contributed by atoms with E-state index in [-0.39, 0.29) is 13.1 Å². The maximum absolute atomic E-state index is 11.6. The van der Waals surface area contributed by atoms with Crippen LogP contribution in [0.2, 0.25) is 5.02 Å². The molecule has 0 spiro atoms. The smallest absolute Gasteiger partial charge is 0.309 e. The molecule has 0 saturated carbocycles. The highest BCUT2D eigenvalue weighted by Gasteiger charge is 2.18. The lowest BCUT2D eigenvalue weighted by molar-refractivity contribution is -0.139. The first-order valence-corrected chi connectivity index (χ1v) is 6.80. The van der Waals surface area contributed by atoms with Gasteiger partial charge in [-0.3, -0.25) is 9.59 Å². The molecule has 1 aromatic carbocycles. The molecule has 0 aliphatic carbocycles. The van der Waals surface area contributed by atoms with Gasteiger partial charge in [-0.2, -0.15) is 0 Å². The molecule has 6 nitrogen and oxygen atoms in total. The van der Waals surface area contributed by atoms with Crippen molar-refractivity contribution in [3.63, 3.8) is 0 Å². The molecule has 0 aliphatic heterocycles. The van der Waals surface area contributed by atoms with E-state index in [4.69, 9.17) is 21.1 Å². The van der Waals surface area contributed by atoms with Gasteiger partial charge < -0.3 is 20.1 Å². The van der Waals surface area contributed by atoms with Crippen LogP contribution >= 0.6 is 11.6 Å². The van der Waals surface area contributed by atoms with Crippen LogP contribution in [0.4, 0.5) is 0 Å². The molecule has 0 saturated heterocycles. The topological polar surface area (TPSA) is 76.7 Å². The first-order valence-electron chi connectivity index (χ1n) is 6.42. The van der Waals surface area contributed by atoms with E-state index >= 15 is 0 Å². The van der Waals surface area contributed by atoms with Gasteiger partial charge in [-0.1, -0.05) is 29.8 Å². The van der Waals surface area contributed by atoms with Gasteiger partial charge in [0.2, 0.25) is 0 Å². The van der Waals surface area contributed by atoms with Gasteiger partial charge in [0.25, 0.3) is 0 Å². The zero-order valence-corrected chi connectivity index (χ0v) is 12.8. The van der Waals surface area contributed by atoms with Crippen molar-refractivity contribution in [3.8, 4) is 0 Å². The van der Waals surface area contributed by atoms with Crippen molar-refractivity contribution >= 4 is 23.4 Å². The van der Waals surface area contributed by atoms with Crippen molar-refractivity contribution in [1.82, 2.24) is 10.6 Å². The van der Waals surface area contributed by atoms with Gasteiger partial charge in [-0.05, 0) is 6.07 Å². The number of nitrogens with one attached hydrogen (secondary N) is 2. The third-order valence-electron chi connectivity index (χ3n) is 2.78. The van der Waals surface area contributed by atoms with Crippen LogP contribution < -0.4 is 10.6 Å². The molecule has 1 aromatic rings. The monoisotopic (exact) mass is 314 g/mol. The summed E-state index contributed by atoms with van der Waals surface area (Å²) in [5.74, 6) is -1.43. The van der Waals surface area contributed by atoms with Crippen molar-refractivity contribution in [2.24, 2.45) is 0 Å². The quantitative estimate of drug-likeness (QED) is 0.579. The van der Waals surface area contributed by atoms with Gasteiger partial charge in [-0.15, -0.1) is 0 Å². The van der Waals surface area contributed by atoms with Crippen LogP contribution in [-0.2, 0) is 19.1 Å². The molecular formula is C14H19ClN2O4. The number of ether oxygens (including phenoxy) is 2. The fourth-order valence-corrected chi connectivity index (χ4v) is 1.93. The molecule has 0 aliphatic rings. The van der Waals surface area contributed by atoms with Gasteiger partial charge in [0, 0.05) is 37.9 Å². The molecule has 1 atom stereocenters. The highest BCUT2D eigenvalue weighted by atomic mass is 35.5. The Morgan fingerprint density at radius 1 is 1.19 bits per heavy atom. The number of methoxy groups -OCH3 is 2. The number of rotatable bonds is 7. The van der Waals surface area contributed by atoms with Crippen molar-refractivity contribution in [2.45, 2.75) is 6.10 Å². The van der Waals surface area contributed by atoms with Crippen LogP contribution in [0.15, 0.2) is 24.3 Å². The van der Waals surface area contributed by atoms with Gasteiger partial charge in [-0.25, -0.2) is 0 Å². The predicted octanol–water partition coefficient (Wildman–Crippen LogP) is 0.906. The zero-order chi connectivity index (χ0) is 15.7. The summed E-state index contributed by atoms with van der Waals surface area (Å²) in [4.78, 5) is 23.1. The predicted molar refractivity (Wildman–Crippen MR) is 79.1 cm³/mol. The standard InChI is InChI=1S/C14H19ClN2O4/c1-20-8-7-16-13(18)14(19)17-9-12(21-2)10-5-3-4-6-11(10)15/h3-6,12H,7-9H2,1-2H3,(H,16,18)(H,17,19). The highest BCUT2D eigenvalue weighted by molar-refractivity contribution is 6.35. The van der Waals surface area contributed by atoms with Gasteiger partial charge in [0.15, 0.2) is 0 Å². The molecule has 21 heavy (non-hydrogen) atoms. The number of hydrogen-bond donors (Lipinski definition) is 2. The van der Waals surface area contributed by atoms with E-state index in [1.165, 1.54) is 14.2 Å². The first kappa shape index (κ1) is 17.4. The van der Waals surface area contributed by atoms with Crippen LogP contribution in [-0.4, -0.2) is 45.7 Å². The lowest BCUT2D eigenvalue weighted by Gasteiger charge is -2.17. The van der Waals surface area contributed by atoms with E-state index in [0.29, 0.717) is 11.6 Å². The lowest BCUT2D eigenvalue weighted by atomic mass is 10.1. The summed E-state index contributed by atoms with van der Waals surface area (Å²) in [7, 11) is 3.03. The van der Waals surface area contributed by atoms with Crippen molar-refractivity contribution in [3.05, 3.63) is 34.9 Å². The van der Waals surface area contributed by atoms with Crippen molar-refractivity contribution in [2.75, 3.05) is 33.9 Å². The molecule has 0 aromatic heterocycles. The molecule has 0 bridgehead atoms. The molecule has 1 unspecified atom stereocenters. The summed E-state index contributed by atoms with van der Waals surface area (Å²) in [5, 5.41) is 5.49. The minimum atomic E-state index is -0.722. The third kappa shape index (κ3) is 5.71. The molecule has 2 amide bonds. The molecule has 116 valence electrons. The summed E-state index contributed by atoms with van der Waals surface area (Å²) < 4.78 is 10.1. The molecular weight excluding hydrogens is 296 g/mol. The minimum absolute atomic E-state index is 0.150. The Labute approximate surface area is 128 Å². The number of carbonyl (C=O) groups excluding carboxylic acids is 2. The summed E-state index contributed by atoms with van der Waals surface area (Å²) in [5.41, 5.74) is 0.752. The van der Waals surface area contributed by atoms with Crippen LogP contribution in [0.25, 0.3) is 0 Å². The van der Waals surface area contributed by atoms with Crippen molar-refractivity contribution < 1.29 is 19.1 Å². The zero-order valence-electron chi connectivity index (χ0n) is 12.0. The Hall–Kier alpha value is -1.63. The van der Waals surface area contributed by atoms with E-state index in [9.17, 15) is 9.59 Å². The van der Waals surface area contributed by atoms with E-state index in [0.717, 1.165) is 5.56 Å². The van der Waals surface area contributed by atoms with E-state index in [1.807, 2.05) is 6.07 Å². The minimum Gasteiger partial charge on any atom is -0.383 e. The molecule has 0 heterocycles. The Balaban J connectivity index is 2.50. The average Bonchev–Trinajstić information content (AvgIpc) is 2.49. The third-order valence-corrected chi connectivity index (χ3v) is 3.13. The SMILES string of the molecule is COCCNC(=O)C(=O)NCC(OC)c1ccccc1Cl. The van der Waals surface area contributed by atoms with Crippen LogP contribution in [0.5, 0.6) is 0 Å². The summed E-state index contributed by atoms with van der Waals surface area (Å²) >= 11 is 6.07. The van der Waals surface area contributed by atoms with E-state index in [2.05, 4.69) is 10.6 Å². The molecule has 1 rings (SSSR count). The highest BCUT2D eigenvalue weighted by Crippen LogP contribution is 2.24. The second kappa shape index (κ2) is 9.33. The summed E-state index contributed by atoms with van der Waals surface area (Å²) in [6.07, 6.45) is -0.422. The van der Waals surface area contributed by atoms with Crippen LogP contribution in [0.3, 0.4) is 0 Å². The normalized spacial score (nSPS) is 11.8. The lowest BCUT2D eigenvalue weighted by Crippen LogP contribution is -2.42. The van der Waals surface area contributed by atoms with Gasteiger partial charge in [0.1, 0.15) is 6.10 Å². The number of benzene rings is 1. The maximum atomic E-state index is 11.6. The van der Waals surface area contributed by atoms with E-state index < -0.39 is 17.9 Å². The van der Waals surface area contributed by atoms with Crippen LogP contribution in [0, 0.1) is 0 Å².